The zero-order valence-corrected chi connectivity index (χ0v) is 12.6. The molecular formula is C15H28N2O2. The van der Waals surface area contributed by atoms with Crippen molar-refractivity contribution in [1.82, 2.24) is 10.2 Å². The summed E-state index contributed by atoms with van der Waals surface area (Å²) in [5.41, 5.74) is -0.511. The van der Waals surface area contributed by atoms with Crippen LogP contribution in [-0.4, -0.2) is 48.7 Å². The van der Waals surface area contributed by atoms with Gasteiger partial charge in [-0.05, 0) is 52.0 Å². The normalized spacial score (nSPS) is 27.2. The SMILES string of the molecule is CCOC(=O)C(C)(CCN1CCC(C)C1)NC1CC1. The molecule has 2 fully saturated rings. The van der Waals surface area contributed by atoms with Gasteiger partial charge >= 0.3 is 5.97 Å². The molecule has 110 valence electrons. The molecule has 1 aliphatic carbocycles. The number of carbonyl (C=O) groups is 1. The molecule has 19 heavy (non-hydrogen) atoms. The second-order valence-corrected chi connectivity index (χ2v) is 6.42. The Morgan fingerprint density at radius 3 is 2.68 bits per heavy atom. The molecule has 1 saturated heterocycles. The molecule has 0 bridgehead atoms. The Balaban J connectivity index is 1.87. The first-order valence-electron chi connectivity index (χ1n) is 7.71. The topological polar surface area (TPSA) is 41.6 Å². The van der Waals surface area contributed by atoms with Crippen LogP contribution in [0.3, 0.4) is 0 Å². The summed E-state index contributed by atoms with van der Waals surface area (Å²) in [5.74, 6) is 0.708. The van der Waals surface area contributed by atoms with Crippen molar-refractivity contribution in [3.05, 3.63) is 0 Å². The van der Waals surface area contributed by atoms with Gasteiger partial charge in [-0.1, -0.05) is 6.92 Å². The summed E-state index contributed by atoms with van der Waals surface area (Å²) in [6.45, 7) is 9.96. The maximum Gasteiger partial charge on any atom is 0.326 e. The molecule has 4 heteroatoms. The van der Waals surface area contributed by atoms with Crippen molar-refractivity contribution in [1.29, 1.82) is 0 Å². The molecule has 1 heterocycles. The number of carbonyl (C=O) groups excluding carboxylic acids is 1. The largest absolute Gasteiger partial charge is 0.465 e. The van der Waals surface area contributed by atoms with Crippen LogP contribution in [0.4, 0.5) is 0 Å². The van der Waals surface area contributed by atoms with Gasteiger partial charge in [0.05, 0.1) is 6.61 Å². The van der Waals surface area contributed by atoms with Gasteiger partial charge in [-0.15, -0.1) is 0 Å². The number of likely N-dealkylation sites (tertiary alicyclic amines) is 1. The van der Waals surface area contributed by atoms with Gasteiger partial charge in [0.25, 0.3) is 0 Å². The van der Waals surface area contributed by atoms with E-state index >= 15 is 0 Å². The van der Waals surface area contributed by atoms with Crippen molar-refractivity contribution in [3.8, 4) is 0 Å². The van der Waals surface area contributed by atoms with Crippen LogP contribution in [0.2, 0.25) is 0 Å². The second kappa shape index (κ2) is 6.23. The lowest BCUT2D eigenvalue weighted by molar-refractivity contribution is -0.151. The van der Waals surface area contributed by atoms with Gasteiger partial charge in [0, 0.05) is 19.1 Å². The Morgan fingerprint density at radius 2 is 2.16 bits per heavy atom. The minimum atomic E-state index is -0.511. The minimum Gasteiger partial charge on any atom is -0.465 e. The fraction of sp³-hybridized carbons (Fsp3) is 0.933. The van der Waals surface area contributed by atoms with E-state index in [0.717, 1.165) is 18.9 Å². The average molecular weight is 268 g/mol. The predicted molar refractivity (Wildman–Crippen MR) is 76.0 cm³/mol. The van der Waals surface area contributed by atoms with Crippen molar-refractivity contribution >= 4 is 5.97 Å². The van der Waals surface area contributed by atoms with Crippen LogP contribution in [0.25, 0.3) is 0 Å². The maximum absolute atomic E-state index is 12.2. The van der Waals surface area contributed by atoms with Gasteiger partial charge in [-0.25, -0.2) is 0 Å². The summed E-state index contributed by atoms with van der Waals surface area (Å²) in [4.78, 5) is 14.7. The molecule has 2 rings (SSSR count). The lowest BCUT2D eigenvalue weighted by Crippen LogP contribution is -2.53. The van der Waals surface area contributed by atoms with Crippen LogP contribution in [0, 0.1) is 5.92 Å². The highest BCUT2D eigenvalue weighted by Gasteiger charge is 2.39. The van der Waals surface area contributed by atoms with Crippen molar-refractivity contribution in [2.75, 3.05) is 26.2 Å². The summed E-state index contributed by atoms with van der Waals surface area (Å²) in [7, 11) is 0. The molecule has 1 aliphatic heterocycles. The van der Waals surface area contributed by atoms with Gasteiger partial charge in [0.1, 0.15) is 5.54 Å². The fourth-order valence-corrected chi connectivity index (χ4v) is 2.81. The maximum atomic E-state index is 12.2. The quantitative estimate of drug-likeness (QED) is 0.715. The van der Waals surface area contributed by atoms with Crippen molar-refractivity contribution in [3.63, 3.8) is 0 Å². The van der Waals surface area contributed by atoms with Crippen molar-refractivity contribution < 1.29 is 9.53 Å². The average Bonchev–Trinajstić information content (AvgIpc) is 3.07. The summed E-state index contributed by atoms with van der Waals surface area (Å²) in [6.07, 6.45) is 4.51. The Bertz CT molecular complexity index is 317. The van der Waals surface area contributed by atoms with Gasteiger partial charge in [-0.2, -0.15) is 0 Å². The van der Waals surface area contributed by atoms with Crippen LogP contribution in [-0.2, 0) is 9.53 Å². The van der Waals surface area contributed by atoms with E-state index in [9.17, 15) is 4.79 Å². The molecule has 2 atom stereocenters. The van der Waals surface area contributed by atoms with Gasteiger partial charge in [0.2, 0.25) is 0 Å². The Morgan fingerprint density at radius 1 is 1.42 bits per heavy atom. The summed E-state index contributed by atoms with van der Waals surface area (Å²) in [6, 6.07) is 0.520. The highest BCUT2D eigenvalue weighted by Crippen LogP contribution is 2.26. The molecule has 2 aliphatic rings. The Labute approximate surface area is 116 Å². The number of nitrogens with one attached hydrogen (secondary N) is 1. The lowest BCUT2D eigenvalue weighted by Gasteiger charge is -2.30. The molecule has 4 nitrogen and oxygen atoms in total. The van der Waals surface area contributed by atoms with E-state index in [4.69, 9.17) is 4.74 Å². The molecule has 0 aromatic carbocycles. The summed E-state index contributed by atoms with van der Waals surface area (Å²) < 4.78 is 5.25. The lowest BCUT2D eigenvalue weighted by atomic mass is 9.97. The monoisotopic (exact) mass is 268 g/mol. The first-order valence-corrected chi connectivity index (χ1v) is 7.71. The van der Waals surface area contributed by atoms with Crippen molar-refractivity contribution in [2.24, 2.45) is 5.92 Å². The highest BCUT2D eigenvalue weighted by molar-refractivity contribution is 5.80. The standard InChI is InChI=1S/C15H28N2O2/c1-4-19-14(18)15(3,16-13-5-6-13)8-10-17-9-7-12(2)11-17/h12-13,16H,4-11H2,1-3H3. The number of esters is 1. The molecule has 0 aromatic rings. The first-order chi connectivity index (χ1) is 9.03. The Hall–Kier alpha value is -0.610. The second-order valence-electron chi connectivity index (χ2n) is 6.42. The van der Waals surface area contributed by atoms with E-state index in [-0.39, 0.29) is 5.97 Å². The number of rotatable bonds is 7. The highest BCUT2D eigenvalue weighted by atomic mass is 16.5. The van der Waals surface area contributed by atoms with E-state index in [0.29, 0.717) is 12.6 Å². The number of hydrogen-bond acceptors (Lipinski definition) is 4. The minimum absolute atomic E-state index is 0.0888. The predicted octanol–water partition coefficient (Wildman–Crippen LogP) is 1.79. The zero-order valence-electron chi connectivity index (χ0n) is 12.6. The number of hydrogen-bond donors (Lipinski definition) is 1. The van der Waals surface area contributed by atoms with Crippen LogP contribution in [0.5, 0.6) is 0 Å². The van der Waals surface area contributed by atoms with Gasteiger partial charge in [0.15, 0.2) is 0 Å². The zero-order chi connectivity index (χ0) is 13.9. The summed E-state index contributed by atoms with van der Waals surface area (Å²) >= 11 is 0. The molecule has 0 amide bonds. The molecule has 0 spiro atoms. The number of nitrogens with zero attached hydrogens (tertiary/aromatic N) is 1. The third-order valence-electron chi connectivity index (χ3n) is 4.26. The summed E-state index contributed by atoms with van der Waals surface area (Å²) in [5, 5.41) is 3.49. The van der Waals surface area contributed by atoms with Crippen LogP contribution in [0.15, 0.2) is 0 Å². The van der Waals surface area contributed by atoms with Gasteiger partial charge < -0.3 is 9.64 Å². The first kappa shape index (κ1) is 14.8. The molecule has 1 saturated carbocycles. The van der Waals surface area contributed by atoms with E-state index < -0.39 is 5.54 Å². The van der Waals surface area contributed by atoms with Crippen LogP contribution >= 0.6 is 0 Å². The number of ether oxygens (including phenoxy) is 1. The molecule has 0 aromatic heterocycles. The van der Waals surface area contributed by atoms with E-state index in [1.807, 2.05) is 13.8 Å². The van der Waals surface area contributed by atoms with Crippen LogP contribution < -0.4 is 5.32 Å². The molecule has 1 N–H and O–H groups in total. The molecule has 0 radical (unpaired) electrons. The van der Waals surface area contributed by atoms with E-state index in [1.54, 1.807) is 0 Å². The van der Waals surface area contributed by atoms with Gasteiger partial charge in [-0.3, -0.25) is 10.1 Å². The van der Waals surface area contributed by atoms with Crippen LogP contribution in [0.1, 0.15) is 46.5 Å². The van der Waals surface area contributed by atoms with E-state index in [1.165, 1.54) is 32.4 Å². The third-order valence-corrected chi connectivity index (χ3v) is 4.26. The van der Waals surface area contributed by atoms with E-state index in [2.05, 4.69) is 17.1 Å². The third kappa shape index (κ3) is 4.18. The molecular weight excluding hydrogens is 240 g/mol. The van der Waals surface area contributed by atoms with Crippen molar-refractivity contribution in [2.45, 2.75) is 58.0 Å². The Kier molecular flexibility index (Phi) is 4.85. The molecule has 2 unspecified atom stereocenters. The fourth-order valence-electron chi connectivity index (χ4n) is 2.81. The smallest absolute Gasteiger partial charge is 0.326 e.